The van der Waals surface area contributed by atoms with Gasteiger partial charge in [-0.25, -0.2) is 9.78 Å². The Kier molecular flexibility index (Phi) is 5.57. The highest BCUT2D eigenvalue weighted by Crippen LogP contribution is 2.21. The molecule has 0 bridgehead atoms. The second-order valence-corrected chi connectivity index (χ2v) is 6.90. The Bertz CT molecular complexity index is 1000. The van der Waals surface area contributed by atoms with Crippen molar-refractivity contribution in [2.45, 2.75) is 12.8 Å². The molecule has 3 rings (SSSR count). The molecule has 0 spiro atoms. The third-order valence-electron chi connectivity index (χ3n) is 3.73. The van der Waals surface area contributed by atoms with Gasteiger partial charge in [0.2, 0.25) is 0 Å². The van der Waals surface area contributed by atoms with Crippen LogP contribution in [0.2, 0.25) is 5.02 Å². The molecule has 0 aliphatic rings. The molecular formula is C20H14ClNO3S. The van der Waals surface area contributed by atoms with Crippen molar-refractivity contribution < 1.29 is 15.0 Å². The topological polar surface area (TPSA) is 70.4 Å². The van der Waals surface area contributed by atoms with E-state index in [1.54, 1.807) is 35.7 Å². The summed E-state index contributed by atoms with van der Waals surface area (Å²) < 4.78 is 0. The molecular weight excluding hydrogens is 370 g/mol. The van der Waals surface area contributed by atoms with Crippen molar-refractivity contribution in [3.8, 4) is 17.6 Å². The number of aryl methyl sites for hydroxylation is 2. The molecule has 0 amide bonds. The summed E-state index contributed by atoms with van der Waals surface area (Å²) in [5.41, 5.74) is 2.42. The number of phenols is 1. The minimum Gasteiger partial charge on any atom is -0.508 e. The molecule has 130 valence electrons. The highest BCUT2D eigenvalue weighted by molar-refractivity contribution is 7.09. The van der Waals surface area contributed by atoms with E-state index < -0.39 is 5.97 Å². The zero-order chi connectivity index (χ0) is 18.5. The second kappa shape index (κ2) is 8.05. The van der Waals surface area contributed by atoms with E-state index in [9.17, 15) is 15.0 Å². The van der Waals surface area contributed by atoms with Crippen LogP contribution in [-0.4, -0.2) is 21.2 Å². The maximum absolute atomic E-state index is 11.3. The van der Waals surface area contributed by atoms with Crippen LogP contribution in [0.1, 0.15) is 32.1 Å². The number of hydrogen-bond acceptors (Lipinski definition) is 4. The Morgan fingerprint density at radius 3 is 2.58 bits per heavy atom. The number of nitrogens with zero attached hydrogens (tertiary/aromatic N) is 1. The fraction of sp³-hybridized carbons (Fsp3) is 0.100. The number of halogens is 1. The number of carboxylic acids is 1. The average Bonchev–Trinajstić information content (AvgIpc) is 3.13. The van der Waals surface area contributed by atoms with Gasteiger partial charge < -0.3 is 10.2 Å². The van der Waals surface area contributed by atoms with Gasteiger partial charge in [0.05, 0.1) is 15.6 Å². The first-order valence-electron chi connectivity index (χ1n) is 7.78. The lowest BCUT2D eigenvalue weighted by molar-refractivity contribution is 0.0696. The Morgan fingerprint density at radius 2 is 1.88 bits per heavy atom. The number of phenolic OH excluding ortho intramolecular Hbond substituents is 1. The van der Waals surface area contributed by atoms with Crippen molar-refractivity contribution in [1.82, 2.24) is 4.98 Å². The Hall–Kier alpha value is -2.81. The number of carbonyl (C=O) groups is 1. The first kappa shape index (κ1) is 18.0. The molecule has 4 nitrogen and oxygen atoms in total. The normalized spacial score (nSPS) is 10.2. The van der Waals surface area contributed by atoms with E-state index in [4.69, 9.17) is 11.6 Å². The number of rotatable bonds is 4. The van der Waals surface area contributed by atoms with Crippen LogP contribution < -0.4 is 0 Å². The first-order chi connectivity index (χ1) is 12.5. The maximum Gasteiger partial charge on any atom is 0.335 e. The summed E-state index contributed by atoms with van der Waals surface area (Å²) in [7, 11) is 0. The van der Waals surface area contributed by atoms with E-state index in [1.807, 2.05) is 5.38 Å². The molecule has 0 radical (unpaired) electrons. The maximum atomic E-state index is 11.3. The van der Waals surface area contributed by atoms with Gasteiger partial charge in [0, 0.05) is 29.1 Å². The summed E-state index contributed by atoms with van der Waals surface area (Å²) >= 11 is 7.65. The minimum absolute atomic E-state index is 0.0792. The second-order valence-electron chi connectivity index (χ2n) is 5.52. The van der Waals surface area contributed by atoms with Gasteiger partial charge in [-0.2, -0.15) is 0 Å². The van der Waals surface area contributed by atoms with Crippen LogP contribution in [0, 0.1) is 11.8 Å². The van der Waals surface area contributed by atoms with E-state index >= 15 is 0 Å². The lowest BCUT2D eigenvalue weighted by Crippen LogP contribution is -2.01. The van der Waals surface area contributed by atoms with E-state index in [0.29, 0.717) is 17.0 Å². The highest BCUT2D eigenvalue weighted by Gasteiger charge is 2.09. The van der Waals surface area contributed by atoms with Gasteiger partial charge in [-0.1, -0.05) is 23.4 Å². The molecule has 1 aromatic heterocycles. The predicted molar refractivity (Wildman–Crippen MR) is 102 cm³/mol. The minimum atomic E-state index is -0.971. The number of benzene rings is 2. The molecule has 2 N–H and O–H groups in total. The third-order valence-corrected chi connectivity index (χ3v) is 4.88. The van der Waals surface area contributed by atoms with Crippen LogP contribution in [0.5, 0.6) is 5.75 Å². The molecule has 0 aliphatic heterocycles. The lowest BCUT2D eigenvalue weighted by atomic mass is 10.00. The van der Waals surface area contributed by atoms with Gasteiger partial charge in [-0.3, -0.25) is 0 Å². The summed E-state index contributed by atoms with van der Waals surface area (Å²) in [6, 6.07) is 9.50. The van der Waals surface area contributed by atoms with Gasteiger partial charge in [0.25, 0.3) is 0 Å². The largest absolute Gasteiger partial charge is 0.508 e. The number of carboxylic acid groups (broad SMARTS) is 1. The van der Waals surface area contributed by atoms with Crippen molar-refractivity contribution >= 4 is 28.9 Å². The molecule has 1 heterocycles. The van der Waals surface area contributed by atoms with Crippen LogP contribution in [0.4, 0.5) is 0 Å². The fourth-order valence-corrected chi connectivity index (χ4v) is 3.26. The smallest absolute Gasteiger partial charge is 0.335 e. The molecule has 3 aromatic rings. The van der Waals surface area contributed by atoms with Gasteiger partial charge in [0.15, 0.2) is 0 Å². The van der Waals surface area contributed by atoms with Crippen LogP contribution in [0.15, 0.2) is 48.0 Å². The van der Waals surface area contributed by atoms with Gasteiger partial charge in [-0.15, -0.1) is 11.3 Å². The Labute approximate surface area is 159 Å². The number of hydrogen-bond donors (Lipinski definition) is 2. The van der Waals surface area contributed by atoms with Crippen molar-refractivity contribution in [2.75, 3.05) is 0 Å². The molecule has 0 unspecified atom stereocenters. The summed E-state index contributed by atoms with van der Waals surface area (Å²) in [5, 5.41) is 21.9. The molecule has 6 heteroatoms. The van der Waals surface area contributed by atoms with E-state index in [2.05, 4.69) is 16.8 Å². The third kappa shape index (κ3) is 4.42. The molecule has 26 heavy (non-hydrogen) atoms. The molecule has 0 saturated carbocycles. The van der Waals surface area contributed by atoms with Crippen LogP contribution in [0.3, 0.4) is 0 Å². The standard InChI is InChI=1S/C20H14ClNO3S/c21-18-12-17(23)7-5-14(18)3-1-13-2-4-16(20(24)25)11-15(13)6-8-19-22-9-10-26-19/h2,4-5,7,9-12,23H,6,8H2,(H,24,25). The SMILES string of the molecule is O=C(O)c1ccc(C#Cc2ccc(O)cc2Cl)c(CCc2nccs2)c1. The highest BCUT2D eigenvalue weighted by atomic mass is 35.5. The quantitative estimate of drug-likeness (QED) is 0.656. The molecule has 0 saturated heterocycles. The number of aromatic nitrogens is 1. The van der Waals surface area contributed by atoms with Crippen molar-refractivity contribution in [2.24, 2.45) is 0 Å². The Morgan fingerprint density at radius 1 is 1.12 bits per heavy atom. The first-order valence-corrected chi connectivity index (χ1v) is 9.04. The summed E-state index contributed by atoms with van der Waals surface area (Å²) in [4.78, 5) is 15.5. The molecule has 2 aromatic carbocycles. The number of aromatic carboxylic acids is 1. The zero-order valence-corrected chi connectivity index (χ0v) is 15.1. The number of aromatic hydroxyl groups is 1. The molecule has 0 atom stereocenters. The van der Waals surface area contributed by atoms with E-state index in [-0.39, 0.29) is 11.3 Å². The van der Waals surface area contributed by atoms with Crippen LogP contribution in [-0.2, 0) is 12.8 Å². The zero-order valence-electron chi connectivity index (χ0n) is 13.6. The Balaban J connectivity index is 1.92. The molecule has 0 fully saturated rings. The van der Waals surface area contributed by atoms with E-state index in [0.717, 1.165) is 22.6 Å². The van der Waals surface area contributed by atoms with Gasteiger partial charge in [-0.05, 0) is 48.4 Å². The van der Waals surface area contributed by atoms with Gasteiger partial charge in [0.1, 0.15) is 5.75 Å². The van der Waals surface area contributed by atoms with Crippen molar-refractivity contribution in [1.29, 1.82) is 0 Å². The summed E-state index contributed by atoms with van der Waals surface area (Å²) in [6.07, 6.45) is 3.11. The van der Waals surface area contributed by atoms with E-state index in [1.165, 1.54) is 18.2 Å². The summed E-state index contributed by atoms with van der Waals surface area (Å²) in [6.45, 7) is 0. The summed E-state index contributed by atoms with van der Waals surface area (Å²) in [5.74, 6) is 5.15. The van der Waals surface area contributed by atoms with Crippen LogP contribution >= 0.6 is 22.9 Å². The monoisotopic (exact) mass is 383 g/mol. The lowest BCUT2D eigenvalue weighted by Gasteiger charge is -2.06. The fourth-order valence-electron chi connectivity index (χ4n) is 2.41. The van der Waals surface area contributed by atoms with Crippen molar-refractivity contribution in [3.05, 3.63) is 80.3 Å². The predicted octanol–water partition coefficient (Wildman–Crippen LogP) is 4.39. The van der Waals surface area contributed by atoms with Crippen LogP contribution in [0.25, 0.3) is 0 Å². The average molecular weight is 384 g/mol. The molecule has 0 aliphatic carbocycles. The van der Waals surface area contributed by atoms with Gasteiger partial charge >= 0.3 is 5.97 Å². The van der Waals surface area contributed by atoms with Crippen molar-refractivity contribution in [3.63, 3.8) is 0 Å². The number of thiazole rings is 1.